The lowest BCUT2D eigenvalue weighted by atomic mass is 10.1. The van der Waals surface area contributed by atoms with Crippen molar-refractivity contribution in [3.8, 4) is 0 Å². The van der Waals surface area contributed by atoms with E-state index in [1.807, 2.05) is 25.1 Å². The Morgan fingerprint density at radius 2 is 2.23 bits per heavy atom. The van der Waals surface area contributed by atoms with E-state index in [1.165, 1.54) is 0 Å². The standard InChI is InChI=1S/C10H11ClN2/c1-6-7(5-12)10-8(11)3-2-4-9(10)13-6/h2-4,13H,5,12H2,1H3. The normalized spacial score (nSPS) is 11.0. The van der Waals surface area contributed by atoms with Gasteiger partial charge in [0.25, 0.3) is 0 Å². The molecule has 0 aliphatic carbocycles. The topological polar surface area (TPSA) is 41.8 Å². The van der Waals surface area contributed by atoms with Crippen LogP contribution >= 0.6 is 11.6 Å². The van der Waals surface area contributed by atoms with Crippen LogP contribution in [0.5, 0.6) is 0 Å². The van der Waals surface area contributed by atoms with Crippen molar-refractivity contribution in [1.29, 1.82) is 0 Å². The van der Waals surface area contributed by atoms with E-state index in [9.17, 15) is 0 Å². The second-order valence-electron chi connectivity index (χ2n) is 3.10. The van der Waals surface area contributed by atoms with E-state index in [2.05, 4.69) is 4.98 Å². The molecule has 0 aliphatic rings. The molecule has 0 bridgehead atoms. The fourth-order valence-electron chi connectivity index (χ4n) is 1.66. The minimum absolute atomic E-state index is 0.523. The fourth-order valence-corrected chi connectivity index (χ4v) is 1.94. The fraction of sp³-hybridized carbons (Fsp3) is 0.200. The Morgan fingerprint density at radius 1 is 1.46 bits per heavy atom. The number of aromatic nitrogens is 1. The van der Waals surface area contributed by atoms with E-state index >= 15 is 0 Å². The zero-order chi connectivity index (χ0) is 9.42. The molecule has 1 aromatic heterocycles. The van der Waals surface area contributed by atoms with Gasteiger partial charge in [0.1, 0.15) is 0 Å². The number of rotatable bonds is 1. The van der Waals surface area contributed by atoms with Crippen molar-refractivity contribution in [2.75, 3.05) is 0 Å². The highest BCUT2D eigenvalue weighted by atomic mass is 35.5. The van der Waals surface area contributed by atoms with Gasteiger partial charge in [-0.1, -0.05) is 17.7 Å². The number of benzene rings is 1. The number of H-pyrrole nitrogens is 1. The Balaban J connectivity index is 2.88. The molecule has 0 radical (unpaired) electrons. The van der Waals surface area contributed by atoms with Gasteiger partial charge in [0, 0.05) is 23.1 Å². The summed E-state index contributed by atoms with van der Waals surface area (Å²) in [6, 6.07) is 5.82. The van der Waals surface area contributed by atoms with E-state index in [0.29, 0.717) is 6.54 Å². The van der Waals surface area contributed by atoms with Crippen LogP contribution in [0.25, 0.3) is 10.9 Å². The predicted molar refractivity (Wildman–Crippen MR) is 55.9 cm³/mol. The molecule has 0 unspecified atom stereocenters. The van der Waals surface area contributed by atoms with Crippen LogP contribution in [0.1, 0.15) is 11.3 Å². The number of aryl methyl sites for hydroxylation is 1. The number of nitrogens with two attached hydrogens (primary N) is 1. The molecule has 1 aromatic carbocycles. The van der Waals surface area contributed by atoms with Gasteiger partial charge in [0.2, 0.25) is 0 Å². The summed E-state index contributed by atoms with van der Waals surface area (Å²) in [6.45, 7) is 2.54. The van der Waals surface area contributed by atoms with Crippen molar-refractivity contribution < 1.29 is 0 Å². The van der Waals surface area contributed by atoms with Gasteiger partial charge in [-0.05, 0) is 24.6 Å². The molecule has 3 heteroatoms. The van der Waals surface area contributed by atoms with Crippen LogP contribution in [0.3, 0.4) is 0 Å². The second kappa shape index (κ2) is 3.05. The molecule has 0 aliphatic heterocycles. The van der Waals surface area contributed by atoms with Crippen LogP contribution in [0.2, 0.25) is 5.02 Å². The third-order valence-electron chi connectivity index (χ3n) is 2.29. The number of aromatic amines is 1. The molecule has 68 valence electrons. The molecule has 0 atom stereocenters. The maximum atomic E-state index is 6.08. The number of fused-ring (bicyclic) bond motifs is 1. The number of halogens is 1. The first-order valence-electron chi connectivity index (χ1n) is 4.19. The van der Waals surface area contributed by atoms with Gasteiger partial charge in [-0.15, -0.1) is 0 Å². The third kappa shape index (κ3) is 1.23. The largest absolute Gasteiger partial charge is 0.358 e. The van der Waals surface area contributed by atoms with Crippen LogP contribution in [-0.4, -0.2) is 4.98 Å². The lowest BCUT2D eigenvalue weighted by molar-refractivity contribution is 1.05. The first-order valence-corrected chi connectivity index (χ1v) is 4.57. The summed E-state index contributed by atoms with van der Waals surface area (Å²) in [5.41, 5.74) is 8.93. The Kier molecular flexibility index (Phi) is 2.02. The summed E-state index contributed by atoms with van der Waals surface area (Å²) < 4.78 is 0. The number of nitrogens with one attached hydrogen (secondary N) is 1. The average molecular weight is 195 g/mol. The minimum atomic E-state index is 0.523. The zero-order valence-corrected chi connectivity index (χ0v) is 8.15. The Bertz CT molecular complexity index is 445. The van der Waals surface area contributed by atoms with Gasteiger partial charge in [-0.25, -0.2) is 0 Å². The maximum absolute atomic E-state index is 6.08. The van der Waals surface area contributed by atoms with Crippen LogP contribution < -0.4 is 5.73 Å². The minimum Gasteiger partial charge on any atom is -0.358 e. The lowest BCUT2D eigenvalue weighted by Gasteiger charge is -1.97. The molecular weight excluding hydrogens is 184 g/mol. The monoisotopic (exact) mass is 194 g/mol. The predicted octanol–water partition coefficient (Wildman–Crippen LogP) is 2.59. The van der Waals surface area contributed by atoms with Crippen molar-refractivity contribution in [2.45, 2.75) is 13.5 Å². The van der Waals surface area contributed by atoms with E-state index in [-0.39, 0.29) is 0 Å². The molecule has 1 heterocycles. The summed E-state index contributed by atoms with van der Waals surface area (Å²) >= 11 is 6.08. The molecular formula is C10H11ClN2. The molecule has 2 aromatic rings. The lowest BCUT2D eigenvalue weighted by Crippen LogP contribution is -1.96. The molecule has 3 N–H and O–H groups in total. The smallest absolute Gasteiger partial charge is 0.0503 e. The molecule has 0 amide bonds. The van der Waals surface area contributed by atoms with Crippen LogP contribution in [0, 0.1) is 6.92 Å². The highest BCUT2D eigenvalue weighted by Gasteiger charge is 2.08. The van der Waals surface area contributed by atoms with Gasteiger partial charge >= 0.3 is 0 Å². The number of hydrogen-bond donors (Lipinski definition) is 2. The maximum Gasteiger partial charge on any atom is 0.0503 e. The van der Waals surface area contributed by atoms with Crippen LogP contribution in [0.4, 0.5) is 0 Å². The molecule has 0 saturated heterocycles. The highest BCUT2D eigenvalue weighted by Crippen LogP contribution is 2.28. The summed E-state index contributed by atoms with van der Waals surface area (Å²) in [6.07, 6.45) is 0. The second-order valence-corrected chi connectivity index (χ2v) is 3.50. The third-order valence-corrected chi connectivity index (χ3v) is 2.61. The van der Waals surface area contributed by atoms with Gasteiger partial charge in [-0.2, -0.15) is 0 Å². The molecule has 0 spiro atoms. The van der Waals surface area contributed by atoms with Crippen molar-refractivity contribution >= 4 is 22.5 Å². The van der Waals surface area contributed by atoms with Gasteiger partial charge < -0.3 is 10.7 Å². The van der Waals surface area contributed by atoms with E-state index in [0.717, 1.165) is 27.2 Å². The van der Waals surface area contributed by atoms with Crippen molar-refractivity contribution in [3.05, 3.63) is 34.5 Å². The quantitative estimate of drug-likeness (QED) is 0.720. The molecule has 13 heavy (non-hydrogen) atoms. The SMILES string of the molecule is Cc1[nH]c2cccc(Cl)c2c1CN. The summed E-state index contributed by atoms with van der Waals surface area (Å²) in [5, 5.41) is 1.83. The van der Waals surface area contributed by atoms with Gasteiger partial charge in [-0.3, -0.25) is 0 Å². The molecule has 0 saturated carbocycles. The van der Waals surface area contributed by atoms with Crippen LogP contribution in [0.15, 0.2) is 18.2 Å². The Labute approximate surface area is 81.7 Å². The van der Waals surface area contributed by atoms with Crippen molar-refractivity contribution in [1.82, 2.24) is 4.98 Å². The van der Waals surface area contributed by atoms with Crippen molar-refractivity contribution in [3.63, 3.8) is 0 Å². The van der Waals surface area contributed by atoms with Gasteiger partial charge in [0.15, 0.2) is 0 Å². The highest BCUT2D eigenvalue weighted by molar-refractivity contribution is 6.35. The van der Waals surface area contributed by atoms with Crippen LogP contribution in [-0.2, 0) is 6.54 Å². The zero-order valence-electron chi connectivity index (χ0n) is 7.39. The summed E-state index contributed by atoms with van der Waals surface area (Å²) in [5.74, 6) is 0. The summed E-state index contributed by atoms with van der Waals surface area (Å²) in [4.78, 5) is 3.25. The molecule has 2 rings (SSSR count). The summed E-state index contributed by atoms with van der Waals surface area (Å²) in [7, 11) is 0. The van der Waals surface area contributed by atoms with Gasteiger partial charge in [0.05, 0.1) is 5.02 Å². The first kappa shape index (κ1) is 8.60. The Morgan fingerprint density at radius 3 is 2.92 bits per heavy atom. The van der Waals surface area contributed by atoms with E-state index < -0.39 is 0 Å². The average Bonchev–Trinajstić information content (AvgIpc) is 2.42. The van der Waals surface area contributed by atoms with Crippen molar-refractivity contribution in [2.24, 2.45) is 5.73 Å². The molecule has 2 nitrogen and oxygen atoms in total. The molecule has 0 fully saturated rings. The Hall–Kier alpha value is -0.990. The van der Waals surface area contributed by atoms with E-state index in [4.69, 9.17) is 17.3 Å². The first-order chi connectivity index (χ1) is 6.24. The van der Waals surface area contributed by atoms with E-state index in [1.54, 1.807) is 0 Å². The number of hydrogen-bond acceptors (Lipinski definition) is 1.